The molecule has 21 heavy (non-hydrogen) atoms. The molecule has 4 aliphatic carbocycles. The van der Waals surface area contributed by atoms with Crippen molar-refractivity contribution >= 4 is 5.91 Å². The first kappa shape index (κ1) is 13.3. The molecule has 1 aromatic heterocycles. The fraction of sp³-hybridized carbons (Fsp3) is 0.750. The molecular formula is C16H24N4O. The minimum absolute atomic E-state index is 0.0109. The van der Waals surface area contributed by atoms with Crippen molar-refractivity contribution in [1.82, 2.24) is 14.9 Å². The summed E-state index contributed by atoms with van der Waals surface area (Å²) in [4.78, 5) is 16.6. The van der Waals surface area contributed by atoms with Crippen LogP contribution in [-0.4, -0.2) is 28.0 Å². The molecule has 3 N–H and O–H groups in total. The maximum atomic E-state index is 12.4. The number of nitrogens with two attached hydrogens (primary N) is 1. The van der Waals surface area contributed by atoms with Crippen molar-refractivity contribution in [3.63, 3.8) is 0 Å². The Labute approximate surface area is 125 Å². The Balaban J connectivity index is 1.44. The van der Waals surface area contributed by atoms with E-state index in [4.69, 9.17) is 5.73 Å². The largest absolute Gasteiger partial charge is 0.347 e. The normalized spacial score (nSPS) is 36.9. The molecular weight excluding hydrogens is 264 g/mol. The standard InChI is InChI=1S/C16H24N4O/c17-1-2-20-8-14(18-9-20)16(21)19-15-12-4-10-3-11(6-12)7-13(15)5-10/h8-13,15H,1-7,17H2,(H,19,21). The zero-order valence-electron chi connectivity index (χ0n) is 12.4. The van der Waals surface area contributed by atoms with Gasteiger partial charge in [0.25, 0.3) is 5.91 Å². The Morgan fingerprint density at radius 2 is 1.90 bits per heavy atom. The number of nitrogens with zero attached hydrogens (tertiary/aromatic N) is 2. The Morgan fingerprint density at radius 3 is 2.52 bits per heavy atom. The van der Waals surface area contributed by atoms with Gasteiger partial charge < -0.3 is 15.6 Å². The minimum Gasteiger partial charge on any atom is -0.347 e. The molecule has 0 aliphatic heterocycles. The van der Waals surface area contributed by atoms with Crippen molar-refractivity contribution in [3.8, 4) is 0 Å². The summed E-state index contributed by atoms with van der Waals surface area (Å²) in [6, 6.07) is 0.380. The minimum atomic E-state index is -0.0109. The molecule has 4 bridgehead atoms. The number of hydrogen-bond donors (Lipinski definition) is 2. The smallest absolute Gasteiger partial charge is 0.271 e. The van der Waals surface area contributed by atoms with E-state index >= 15 is 0 Å². The summed E-state index contributed by atoms with van der Waals surface area (Å²) in [5.41, 5.74) is 6.05. The van der Waals surface area contributed by atoms with Crippen LogP contribution in [0, 0.1) is 23.7 Å². The van der Waals surface area contributed by atoms with Crippen molar-refractivity contribution < 1.29 is 4.79 Å². The lowest BCUT2D eigenvalue weighted by atomic mass is 9.54. The number of amides is 1. The molecule has 1 aromatic rings. The Bertz CT molecular complexity index is 510. The predicted molar refractivity (Wildman–Crippen MR) is 79.6 cm³/mol. The van der Waals surface area contributed by atoms with Crippen molar-refractivity contribution in [3.05, 3.63) is 18.2 Å². The van der Waals surface area contributed by atoms with Crippen LogP contribution in [0.3, 0.4) is 0 Å². The maximum Gasteiger partial charge on any atom is 0.271 e. The zero-order valence-corrected chi connectivity index (χ0v) is 12.4. The van der Waals surface area contributed by atoms with Crippen LogP contribution in [0.25, 0.3) is 0 Å². The first-order chi connectivity index (χ1) is 10.2. The molecule has 5 nitrogen and oxygen atoms in total. The average molecular weight is 288 g/mol. The van der Waals surface area contributed by atoms with Crippen molar-refractivity contribution in [2.24, 2.45) is 29.4 Å². The summed E-state index contributed by atoms with van der Waals surface area (Å²) in [5, 5.41) is 3.29. The first-order valence-corrected chi connectivity index (χ1v) is 8.25. The van der Waals surface area contributed by atoms with Gasteiger partial charge in [0.1, 0.15) is 5.69 Å². The summed E-state index contributed by atoms with van der Waals surface area (Å²) >= 11 is 0. The summed E-state index contributed by atoms with van der Waals surface area (Å²) in [5.74, 6) is 3.27. The first-order valence-electron chi connectivity index (χ1n) is 8.25. The van der Waals surface area contributed by atoms with E-state index in [1.54, 1.807) is 12.5 Å². The van der Waals surface area contributed by atoms with Crippen LogP contribution in [0.1, 0.15) is 42.6 Å². The number of carbonyl (C=O) groups excluding carboxylic acids is 1. The molecule has 0 spiro atoms. The number of hydrogen-bond acceptors (Lipinski definition) is 3. The van der Waals surface area contributed by atoms with Crippen LogP contribution in [0.15, 0.2) is 12.5 Å². The van der Waals surface area contributed by atoms with Gasteiger partial charge in [0.15, 0.2) is 0 Å². The van der Waals surface area contributed by atoms with E-state index in [0.717, 1.165) is 11.8 Å². The number of imidazole rings is 1. The highest BCUT2D eigenvalue weighted by molar-refractivity contribution is 5.92. The highest BCUT2D eigenvalue weighted by Crippen LogP contribution is 2.53. The van der Waals surface area contributed by atoms with Gasteiger partial charge in [0.05, 0.1) is 6.33 Å². The molecule has 4 fully saturated rings. The molecule has 5 rings (SSSR count). The van der Waals surface area contributed by atoms with Crippen LogP contribution in [0.4, 0.5) is 0 Å². The molecule has 0 atom stereocenters. The molecule has 1 amide bonds. The Hall–Kier alpha value is -1.36. The van der Waals surface area contributed by atoms with E-state index in [1.165, 1.54) is 32.1 Å². The number of nitrogens with one attached hydrogen (secondary N) is 1. The summed E-state index contributed by atoms with van der Waals surface area (Å²) in [6.45, 7) is 1.27. The summed E-state index contributed by atoms with van der Waals surface area (Å²) in [7, 11) is 0. The number of carbonyl (C=O) groups is 1. The summed E-state index contributed by atoms with van der Waals surface area (Å²) < 4.78 is 1.88. The van der Waals surface area contributed by atoms with Crippen LogP contribution in [0.5, 0.6) is 0 Å². The SMILES string of the molecule is NCCn1cnc(C(=O)NC2C3CC4CC(C3)CC2C4)c1. The van der Waals surface area contributed by atoms with Crippen molar-refractivity contribution in [2.45, 2.75) is 44.7 Å². The van der Waals surface area contributed by atoms with E-state index in [2.05, 4.69) is 10.3 Å². The quantitative estimate of drug-likeness (QED) is 0.879. The van der Waals surface area contributed by atoms with Gasteiger partial charge in [-0.2, -0.15) is 0 Å². The summed E-state index contributed by atoms with van der Waals surface area (Å²) in [6.07, 6.45) is 10.2. The number of aromatic nitrogens is 2. The Kier molecular flexibility index (Phi) is 3.25. The third kappa shape index (κ3) is 2.37. The third-order valence-electron chi connectivity index (χ3n) is 5.78. The topological polar surface area (TPSA) is 72.9 Å². The fourth-order valence-electron chi connectivity index (χ4n) is 5.13. The second kappa shape index (κ2) is 5.13. The second-order valence-electron chi connectivity index (χ2n) is 7.22. The predicted octanol–water partition coefficient (Wildman–Crippen LogP) is 1.40. The van der Waals surface area contributed by atoms with Crippen molar-refractivity contribution in [1.29, 1.82) is 0 Å². The molecule has 1 heterocycles. The van der Waals surface area contributed by atoms with Gasteiger partial charge in [-0.05, 0) is 55.8 Å². The van der Waals surface area contributed by atoms with Gasteiger partial charge in [-0.15, -0.1) is 0 Å². The van der Waals surface area contributed by atoms with Gasteiger partial charge in [0, 0.05) is 25.3 Å². The molecule has 0 radical (unpaired) electrons. The van der Waals surface area contributed by atoms with Crippen LogP contribution in [-0.2, 0) is 6.54 Å². The zero-order chi connectivity index (χ0) is 14.4. The van der Waals surface area contributed by atoms with Crippen LogP contribution >= 0.6 is 0 Å². The molecule has 0 unspecified atom stereocenters. The molecule has 4 saturated carbocycles. The maximum absolute atomic E-state index is 12.4. The van der Waals surface area contributed by atoms with E-state index in [1.807, 2.05) is 4.57 Å². The highest BCUT2D eigenvalue weighted by Gasteiger charge is 2.48. The average Bonchev–Trinajstić information content (AvgIpc) is 2.91. The van der Waals surface area contributed by atoms with Gasteiger partial charge in [-0.1, -0.05) is 0 Å². The molecule has 4 aliphatic rings. The molecule has 0 aromatic carbocycles. The lowest BCUT2D eigenvalue weighted by Gasteiger charge is -2.54. The molecule has 5 heteroatoms. The lowest BCUT2D eigenvalue weighted by molar-refractivity contribution is -0.0120. The van der Waals surface area contributed by atoms with E-state index in [9.17, 15) is 4.79 Å². The van der Waals surface area contributed by atoms with Crippen LogP contribution < -0.4 is 11.1 Å². The molecule has 114 valence electrons. The van der Waals surface area contributed by atoms with Gasteiger partial charge in [-0.25, -0.2) is 4.98 Å². The van der Waals surface area contributed by atoms with Crippen molar-refractivity contribution in [2.75, 3.05) is 6.54 Å². The lowest BCUT2D eigenvalue weighted by Crippen LogP contribution is -2.55. The fourth-order valence-corrected chi connectivity index (χ4v) is 5.13. The molecule has 0 saturated heterocycles. The van der Waals surface area contributed by atoms with Gasteiger partial charge >= 0.3 is 0 Å². The number of rotatable bonds is 4. The Morgan fingerprint density at radius 1 is 1.24 bits per heavy atom. The van der Waals surface area contributed by atoms with Crippen LogP contribution in [0.2, 0.25) is 0 Å². The van der Waals surface area contributed by atoms with E-state index < -0.39 is 0 Å². The van der Waals surface area contributed by atoms with Gasteiger partial charge in [-0.3, -0.25) is 4.79 Å². The van der Waals surface area contributed by atoms with E-state index in [0.29, 0.717) is 36.7 Å². The monoisotopic (exact) mass is 288 g/mol. The van der Waals surface area contributed by atoms with Gasteiger partial charge in [0.2, 0.25) is 0 Å². The third-order valence-corrected chi connectivity index (χ3v) is 5.78. The van der Waals surface area contributed by atoms with E-state index in [-0.39, 0.29) is 5.91 Å². The second-order valence-corrected chi connectivity index (χ2v) is 7.22. The highest BCUT2D eigenvalue weighted by atomic mass is 16.2.